The summed E-state index contributed by atoms with van der Waals surface area (Å²) in [7, 11) is 0. The molecule has 66 valence electrons. The summed E-state index contributed by atoms with van der Waals surface area (Å²) in [6, 6.07) is 1.83. The van der Waals surface area contributed by atoms with Gasteiger partial charge in [-0.3, -0.25) is 10.5 Å². The van der Waals surface area contributed by atoms with Crippen molar-refractivity contribution in [2.24, 2.45) is 5.10 Å². The predicted octanol–water partition coefficient (Wildman–Crippen LogP) is 1.31. The normalized spacial score (nSPS) is 10.8. The summed E-state index contributed by atoms with van der Waals surface area (Å²) in [5, 5.41) is 13.2. The number of rotatable bonds is 3. The van der Waals surface area contributed by atoms with E-state index in [0.29, 0.717) is 0 Å². The van der Waals surface area contributed by atoms with Gasteiger partial charge in [-0.2, -0.15) is 10.2 Å². The topological polar surface area (TPSA) is 66.0 Å². The van der Waals surface area contributed by atoms with Crippen molar-refractivity contribution in [2.75, 3.05) is 5.43 Å². The average Bonchev–Trinajstić information content (AvgIpc) is 2.75. The molecular formula is C7H7N5S. The molecule has 0 aliphatic rings. The third-order valence-corrected chi connectivity index (χ3v) is 2.00. The van der Waals surface area contributed by atoms with E-state index in [2.05, 4.69) is 25.7 Å². The lowest BCUT2D eigenvalue weighted by Crippen LogP contribution is -1.89. The second-order valence-corrected chi connectivity index (χ2v) is 3.11. The molecule has 0 aliphatic heterocycles. The molecule has 0 aromatic carbocycles. The van der Waals surface area contributed by atoms with E-state index in [1.807, 2.05) is 11.4 Å². The number of hydrogen-bond acceptors (Lipinski definition) is 5. The number of nitrogens with one attached hydrogen (secondary N) is 2. The van der Waals surface area contributed by atoms with Gasteiger partial charge in [0.1, 0.15) is 0 Å². The molecule has 0 radical (unpaired) electrons. The van der Waals surface area contributed by atoms with Crippen LogP contribution in [0.15, 0.2) is 28.9 Å². The summed E-state index contributed by atoms with van der Waals surface area (Å²) >= 11 is 1.50. The standard InChI is InChI=1S/C7H7N5S/c1-2-9-11-6(1)5-10-12-7-8-3-4-13-7/h1-5H,(H,8,12)(H,9,11)/b10-5+. The second kappa shape index (κ2) is 3.81. The van der Waals surface area contributed by atoms with E-state index in [4.69, 9.17) is 0 Å². The Labute approximate surface area is 78.5 Å². The highest BCUT2D eigenvalue weighted by molar-refractivity contribution is 7.13. The van der Waals surface area contributed by atoms with Crippen LogP contribution >= 0.6 is 11.3 Å². The number of hydrogen-bond donors (Lipinski definition) is 2. The fraction of sp³-hybridized carbons (Fsp3) is 0. The van der Waals surface area contributed by atoms with Crippen molar-refractivity contribution in [3.63, 3.8) is 0 Å². The summed E-state index contributed by atoms with van der Waals surface area (Å²) in [4.78, 5) is 4.00. The molecule has 0 spiro atoms. The maximum Gasteiger partial charge on any atom is 0.203 e. The molecule has 5 nitrogen and oxygen atoms in total. The van der Waals surface area contributed by atoms with Crippen LogP contribution in [0.3, 0.4) is 0 Å². The van der Waals surface area contributed by atoms with Gasteiger partial charge in [-0.05, 0) is 6.07 Å². The minimum Gasteiger partial charge on any atom is -0.277 e. The second-order valence-electron chi connectivity index (χ2n) is 2.22. The van der Waals surface area contributed by atoms with Crippen molar-refractivity contribution in [3.05, 3.63) is 29.5 Å². The van der Waals surface area contributed by atoms with Crippen molar-refractivity contribution in [2.45, 2.75) is 0 Å². The summed E-state index contributed by atoms with van der Waals surface area (Å²) in [5.41, 5.74) is 3.64. The van der Waals surface area contributed by atoms with Crippen LogP contribution < -0.4 is 5.43 Å². The summed E-state index contributed by atoms with van der Waals surface area (Å²) in [6.45, 7) is 0. The first-order chi connectivity index (χ1) is 6.45. The Balaban J connectivity index is 1.93. The Morgan fingerprint density at radius 3 is 3.23 bits per heavy atom. The SMILES string of the molecule is C(=N\Nc1nccs1)/c1ccn[nH]1. The van der Waals surface area contributed by atoms with Gasteiger partial charge >= 0.3 is 0 Å². The molecule has 6 heteroatoms. The Hall–Kier alpha value is -1.69. The lowest BCUT2D eigenvalue weighted by Gasteiger charge is -1.90. The van der Waals surface area contributed by atoms with Gasteiger partial charge < -0.3 is 0 Å². The number of aromatic nitrogens is 3. The van der Waals surface area contributed by atoms with Gasteiger partial charge in [0.2, 0.25) is 5.13 Å². The summed E-state index contributed by atoms with van der Waals surface area (Å²) < 4.78 is 0. The van der Waals surface area contributed by atoms with Crippen molar-refractivity contribution in [1.29, 1.82) is 0 Å². The molecule has 0 bridgehead atoms. The molecule has 2 aromatic rings. The van der Waals surface area contributed by atoms with Crippen molar-refractivity contribution < 1.29 is 0 Å². The van der Waals surface area contributed by atoms with E-state index in [-0.39, 0.29) is 0 Å². The number of H-pyrrole nitrogens is 1. The third-order valence-electron chi connectivity index (χ3n) is 1.32. The third kappa shape index (κ3) is 2.12. The van der Waals surface area contributed by atoms with E-state index < -0.39 is 0 Å². The molecule has 0 aliphatic carbocycles. The van der Waals surface area contributed by atoms with Crippen LogP contribution in [-0.2, 0) is 0 Å². The zero-order valence-electron chi connectivity index (χ0n) is 6.64. The van der Waals surface area contributed by atoms with E-state index >= 15 is 0 Å². The van der Waals surface area contributed by atoms with Gasteiger partial charge in [-0.1, -0.05) is 0 Å². The number of hydrazone groups is 1. The molecule has 2 rings (SSSR count). The molecule has 0 saturated heterocycles. The van der Waals surface area contributed by atoms with Gasteiger partial charge in [0.15, 0.2) is 0 Å². The highest BCUT2D eigenvalue weighted by Crippen LogP contribution is 2.09. The maximum absolute atomic E-state index is 4.00. The number of aromatic amines is 1. The van der Waals surface area contributed by atoms with Gasteiger partial charge in [-0.15, -0.1) is 11.3 Å². The molecule has 2 aromatic heterocycles. The Morgan fingerprint density at radius 2 is 2.54 bits per heavy atom. The zero-order valence-corrected chi connectivity index (χ0v) is 7.45. The molecule has 0 unspecified atom stereocenters. The highest BCUT2D eigenvalue weighted by atomic mass is 32.1. The fourth-order valence-electron chi connectivity index (χ4n) is 0.774. The smallest absolute Gasteiger partial charge is 0.203 e. The molecule has 0 fully saturated rings. The van der Waals surface area contributed by atoms with Crippen LogP contribution in [0.2, 0.25) is 0 Å². The van der Waals surface area contributed by atoms with E-state index in [1.54, 1.807) is 18.6 Å². The minimum atomic E-state index is 0.774. The predicted molar refractivity (Wildman–Crippen MR) is 51.9 cm³/mol. The van der Waals surface area contributed by atoms with E-state index in [9.17, 15) is 0 Å². The van der Waals surface area contributed by atoms with Crippen LogP contribution in [0.25, 0.3) is 0 Å². The molecule has 0 saturated carbocycles. The van der Waals surface area contributed by atoms with Crippen LogP contribution in [0, 0.1) is 0 Å². The Morgan fingerprint density at radius 1 is 1.54 bits per heavy atom. The fourth-order valence-corrected chi connectivity index (χ4v) is 1.25. The minimum absolute atomic E-state index is 0.774. The number of nitrogens with zero attached hydrogens (tertiary/aromatic N) is 3. The molecule has 0 atom stereocenters. The van der Waals surface area contributed by atoms with E-state index in [0.717, 1.165) is 10.8 Å². The van der Waals surface area contributed by atoms with Crippen molar-refractivity contribution in [3.8, 4) is 0 Å². The van der Waals surface area contributed by atoms with Gasteiger partial charge in [-0.25, -0.2) is 4.98 Å². The van der Waals surface area contributed by atoms with Crippen molar-refractivity contribution >= 4 is 22.7 Å². The largest absolute Gasteiger partial charge is 0.277 e. The lowest BCUT2D eigenvalue weighted by molar-refractivity contribution is 1.08. The lowest BCUT2D eigenvalue weighted by atomic mass is 10.5. The number of anilines is 1. The first-order valence-corrected chi connectivity index (χ1v) is 4.51. The Bertz CT molecular complexity index is 364. The van der Waals surface area contributed by atoms with Crippen LogP contribution in [0.4, 0.5) is 5.13 Å². The van der Waals surface area contributed by atoms with Crippen LogP contribution in [-0.4, -0.2) is 21.4 Å². The first-order valence-electron chi connectivity index (χ1n) is 3.63. The van der Waals surface area contributed by atoms with E-state index in [1.165, 1.54) is 11.3 Å². The summed E-state index contributed by atoms with van der Waals surface area (Å²) in [5.74, 6) is 0. The Kier molecular flexibility index (Phi) is 2.33. The molecule has 2 heterocycles. The number of thiazole rings is 1. The first kappa shape index (κ1) is 7.93. The quantitative estimate of drug-likeness (QED) is 0.570. The zero-order chi connectivity index (χ0) is 8.93. The molecule has 0 amide bonds. The highest BCUT2D eigenvalue weighted by Gasteiger charge is 1.89. The molecule has 2 N–H and O–H groups in total. The van der Waals surface area contributed by atoms with Crippen molar-refractivity contribution in [1.82, 2.24) is 15.2 Å². The monoisotopic (exact) mass is 193 g/mol. The maximum atomic E-state index is 4.00. The van der Waals surface area contributed by atoms with Crippen LogP contribution in [0.5, 0.6) is 0 Å². The summed E-state index contributed by atoms with van der Waals surface area (Å²) in [6.07, 6.45) is 5.04. The molecular weight excluding hydrogens is 186 g/mol. The van der Waals surface area contributed by atoms with Gasteiger partial charge in [0.25, 0.3) is 0 Å². The van der Waals surface area contributed by atoms with Gasteiger partial charge in [0.05, 0.1) is 11.9 Å². The average molecular weight is 193 g/mol. The van der Waals surface area contributed by atoms with Crippen LogP contribution in [0.1, 0.15) is 5.69 Å². The molecule has 13 heavy (non-hydrogen) atoms. The van der Waals surface area contributed by atoms with Gasteiger partial charge in [0, 0.05) is 17.8 Å².